The van der Waals surface area contributed by atoms with E-state index >= 15 is 0 Å². The molecule has 0 radical (unpaired) electrons. The summed E-state index contributed by atoms with van der Waals surface area (Å²) < 4.78 is 1.11. The lowest BCUT2D eigenvalue weighted by Gasteiger charge is -2.33. The van der Waals surface area contributed by atoms with Crippen LogP contribution in [0.2, 0.25) is 0 Å². The van der Waals surface area contributed by atoms with Crippen LogP contribution in [0.1, 0.15) is 39.2 Å². The molecule has 28 heavy (non-hydrogen) atoms. The Balaban J connectivity index is 0.00000392. The summed E-state index contributed by atoms with van der Waals surface area (Å²) >= 11 is 3.48. The molecule has 8 heteroatoms. The summed E-state index contributed by atoms with van der Waals surface area (Å²) in [5.41, 5.74) is 6.14. The molecule has 1 aromatic carbocycles. The molecule has 2 rings (SSSR count). The number of primary amides is 1. The van der Waals surface area contributed by atoms with E-state index in [1.807, 2.05) is 20.8 Å². The van der Waals surface area contributed by atoms with Crippen molar-refractivity contribution < 1.29 is 4.79 Å². The standard InChI is InChI=1S/C20H32BrN5O.HI/c1-4-23-19(24-14-20(2,3)18(22)27)25-17-9-11-26(12-10-17)13-15-5-7-16(21)8-6-15;/h5-8,17H,4,9-14H2,1-3H3,(H2,22,27)(H2,23,24,25);1H. The molecule has 0 atom stereocenters. The van der Waals surface area contributed by atoms with E-state index in [9.17, 15) is 4.79 Å². The monoisotopic (exact) mass is 565 g/mol. The number of nitrogens with one attached hydrogen (secondary N) is 2. The Morgan fingerprint density at radius 1 is 1.29 bits per heavy atom. The van der Waals surface area contributed by atoms with Crippen molar-refractivity contribution >= 4 is 51.8 Å². The van der Waals surface area contributed by atoms with Gasteiger partial charge in [-0.15, -0.1) is 24.0 Å². The maximum Gasteiger partial charge on any atom is 0.224 e. The molecular weight excluding hydrogens is 533 g/mol. The molecule has 1 fully saturated rings. The van der Waals surface area contributed by atoms with Crippen LogP contribution in [0.3, 0.4) is 0 Å². The Bertz CT molecular complexity index is 643. The molecule has 1 aromatic rings. The molecule has 1 aliphatic rings. The average molecular weight is 566 g/mol. The molecule has 158 valence electrons. The molecule has 0 unspecified atom stereocenters. The van der Waals surface area contributed by atoms with Crippen molar-refractivity contribution in [2.24, 2.45) is 16.1 Å². The van der Waals surface area contributed by atoms with Gasteiger partial charge in [-0.3, -0.25) is 14.7 Å². The molecule has 0 saturated carbocycles. The van der Waals surface area contributed by atoms with Crippen LogP contribution >= 0.6 is 39.9 Å². The first kappa shape index (κ1) is 25.2. The van der Waals surface area contributed by atoms with Crippen LogP contribution in [0, 0.1) is 5.41 Å². The number of amides is 1. The van der Waals surface area contributed by atoms with Gasteiger partial charge in [-0.2, -0.15) is 0 Å². The average Bonchev–Trinajstić information content (AvgIpc) is 2.63. The predicted octanol–water partition coefficient (Wildman–Crippen LogP) is 3.10. The lowest BCUT2D eigenvalue weighted by Crippen LogP contribution is -2.49. The number of hydrogen-bond donors (Lipinski definition) is 3. The Hall–Kier alpha value is -0.870. The Morgan fingerprint density at radius 3 is 2.43 bits per heavy atom. The quantitative estimate of drug-likeness (QED) is 0.269. The van der Waals surface area contributed by atoms with Crippen molar-refractivity contribution in [2.45, 2.75) is 46.2 Å². The number of aliphatic imine (C=N–C) groups is 1. The summed E-state index contributed by atoms with van der Waals surface area (Å²) in [5, 5.41) is 6.78. The fourth-order valence-corrected chi connectivity index (χ4v) is 3.22. The first-order chi connectivity index (χ1) is 12.8. The number of piperidine rings is 1. The summed E-state index contributed by atoms with van der Waals surface area (Å²) in [6.45, 7) is 9.94. The van der Waals surface area contributed by atoms with Crippen LogP contribution < -0.4 is 16.4 Å². The minimum Gasteiger partial charge on any atom is -0.369 e. The van der Waals surface area contributed by atoms with Crippen LogP contribution in [0.15, 0.2) is 33.7 Å². The molecule has 1 heterocycles. The number of likely N-dealkylation sites (tertiary alicyclic amines) is 1. The van der Waals surface area contributed by atoms with Crippen molar-refractivity contribution in [3.8, 4) is 0 Å². The molecule has 0 aliphatic carbocycles. The van der Waals surface area contributed by atoms with E-state index in [1.54, 1.807) is 0 Å². The highest BCUT2D eigenvalue weighted by molar-refractivity contribution is 14.0. The van der Waals surface area contributed by atoms with Crippen molar-refractivity contribution in [3.05, 3.63) is 34.3 Å². The van der Waals surface area contributed by atoms with Crippen LogP contribution in [0.25, 0.3) is 0 Å². The van der Waals surface area contributed by atoms with Gasteiger partial charge in [0.2, 0.25) is 5.91 Å². The van der Waals surface area contributed by atoms with Crippen LogP contribution in [-0.2, 0) is 11.3 Å². The number of guanidine groups is 1. The third-order valence-corrected chi connectivity index (χ3v) is 5.42. The summed E-state index contributed by atoms with van der Waals surface area (Å²) in [6, 6.07) is 8.92. The number of carbonyl (C=O) groups is 1. The van der Waals surface area contributed by atoms with Gasteiger partial charge in [0, 0.05) is 36.7 Å². The number of hydrogen-bond acceptors (Lipinski definition) is 3. The van der Waals surface area contributed by atoms with Gasteiger partial charge in [0.15, 0.2) is 5.96 Å². The van der Waals surface area contributed by atoms with Gasteiger partial charge in [0.25, 0.3) is 0 Å². The van der Waals surface area contributed by atoms with E-state index in [0.29, 0.717) is 12.6 Å². The second-order valence-corrected chi connectivity index (χ2v) is 8.68. The Morgan fingerprint density at radius 2 is 1.89 bits per heavy atom. The fraction of sp³-hybridized carbons (Fsp3) is 0.600. The third kappa shape index (κ3) is 8.24. The van der Waals surface area contributed by atoms with E-state index in [2.05, 4.69) is 60.7 Å². The topological polar surface area (TPSA) is 82.7 Å². The van der Waals surface area contributed by atoms with Gasteiger partial charge in [0.05, 0.1) is 12.0 Å². The molecular formula is C20H33BrIN5O. The zero-order valence-electron chi connectivity index (χ0n) is 17.0. The molecule has 0 aromatic heterocycles. The predicted molar refractivity (Wildman–Crippen MR) is 130 cm³/mol. The van der Waals surface area contributed by atoms with Crippen molar-refractivity contribution in [2.75, 3.05) is 26.2 Å². The van der Waals surface area contributed by atoms with Crippen molar-refractivity contribution in [1.29, 1.82) is 0 Å². The Labute approximate surface area is 194 Å². The van der Waals surface area contributed by atoms with Crippen LogP contribution in [0.5, 0.6) is 0 Å². The molecule has 4 N–H and O–H groups in total. The zero-order valence-corrected chi connectivity index (χ0v) is 20.9. The Kier molecular flexibility index (Phi) is 10.8. The summed E-state index contributed by atoms with van der Waals surface area (Å²) in [4.78, 5) is 18.5. The maximum absolute atomic E-state index is 11.5. The van der Waals surface area contributed by atoms with Crippen molar-refractivity contribution in [1.82, 2.24) is 15.5 Å². The lowest BCUT2D eigenvalue weighted by atomic mass is 9.93. The van der Waals surface area contributed by atoms with Gasteiger partial charge in [-0.05, 0) is 51.3 Å². The molecule has 1 saturated heterocycles. The molecule has 0 spiro atoms. The highest BCUT2D eigenvalue weighted by Gasteiger charge is 2.25. The smallest absolute Gasteiger partial charge is 0.224 e. The van der Waals surface area contributed by atoms with Gasteiger partial charge >= 0.3 is 0 Å². The minimum absolute atomic E-state index is 0. The second kappa shape index (κ2) is 12.0. The number of halogens is 2. The molecule has 1 aliphatic heterocycles. The van der Waals surface area contributed by atoms with E-state index in [1.165, 1.54) is 5.56 Å². The number of carbonyl (C=O) groups excluding carboxylic acids is 1. The summed E-state index contributed by atoms with van der Waals surface area (Å²) in [6.07, 6.45) is 2.14. The fourth-order valence-electron chi connectivity index (χ4n) is 2.95. The number of benzene rings is 1. The summed E-state index contributed by atoms with van der Waals surface area (Å²) in [7, 11) is 0. The number of rotatable bonds is 7. The number of nitrogens with zero attached hydrogens (tertiary/aromatic N) is 2. The third-order valence-electron chi connectivity index (χ3n) is 4.89. The van der Waals surface area contributed by atoms with Gasteiger partial charge in [0.1, 0.15) is 0 Å². The SMILES string of the molecule is CCNC(=NCC(C)(C)C(N)=O)NC1CCN(Cc2ccc(Br)cc2)CC1.I. The first-order valence-corrected chi connectivity index (χ1v) is 10.4. The van der Waals surface area contributed by atoms with Crippen LogP contribution in [0.4, 0.5) is 0 Å². The van der Waals surface area contributed by atoms with Gasteiger partial charge < -0.3 is 16.4 Å². The molecule has 6 nitrogen and oxygen atoms in total. The minimum atomic E-state index is -0.642. The highest BCUT2D eigenvalue weighted by atomic mass is 127. The first-order valence-electron chi connectivity index (χ1n) is 9.61. The maximum atomic E-state index is 11.5. The van der Waals surface area contributed by atoms with E-state index in [4.69, 9.17) is 5.73 Å². The van der Waals surface area contributed by atoms with Crippen molar-refractivity contribution in [3.63, 3.8) is 0 Å². The largest absolute Gasteiger partial charge is 0.369 e. The molecule has 1 amide bonds. The van der Waals surface area contributed by atoms with E-state index in [0.717, 1.165) is 49.5 Å². The van der Waals surface area contributed by atoms with Gasteiger partial charge in [-0.1, -0.05) is 28.1 Å². The summed E-state index contributed by atoms with van der Waals surface area (Å²) in [5.74, 6) is 0.432. The normalized spacial score (nSPS) is 16.4. The van der Waals surface area contributed by atoms with E-state index < -0.39 is 5.41 Å². The zero-order chi connectivity index (χ0) is 19.9. The van der Waals surface area contributed by atoms with Gasteiger partial charge in [-0.25, -0.2) is 0 Å². The lowest BCUT2D eigenvalue weighted by molar-refractivity contribution is -0.125. The highest BCUT2D eigenvalue weighted by Crippen LogP contribution is 2.17. The van der Waals surface area contributed by atoms with E-state index in [-0.39, 0.29) is 29.9 Å². The second-order valence-electron chi connectivity index (χ2n) is 7.76. The number of nitrogens with two attached hydrogens (primary N) is 1. The van der Waals surface area contributed by atoms with Crippen LogP contribution in [-0.4, -0.2) is 49.0 Å². The molecule has 0 bridgehead atoms.